The molecule has 1 aliphatic carbocycles. The van der Waals surface area contributed by atoms with E-state index in [2.05, 4.69) is 0 Å². The van der Waals surface area contributed by atoms with Crippen LogP contribution < -0.4 is 0 Å². The maximum atomic E-state index is 9.22. The van der Waals surface area contributed by atoms with Gasteiger partial charge in [-0.3, -0.25) is 0 Å². The number of aliphatic hydroxyl groups excluding tert-OH is 1. The molecular weight excluding hydrogens is 176 g/mol. The molecule has 1 heterocycles. The molecule has 2 aliphatic rings. The minimum Gasteiger partial charge on any atom is -0.393 e. The van der Waals surface area contributed by atoms with Gasteiger partial charge in [0, 0.05) is 0 Å². The highest BCUT2D eigenvalue weighted by Crippen LogP contribution is 2.38. The molecule has 0 aromatic heterocycles. The first-order valence-corrected chi connectivity index (χ1v) is 6.09. The molecule has 2 fully saturated rings. The van der Waals surface area contributed by atoms with Gasteiger partial charge in [-0.05, 0) is 44.9 Å². The fraction of sp³-hybridized carbons (Fsp3) is 1.00. The summed E-state index contributed by atoms with van der Waals surface area (Å²) in [6.07, 6.45) is 9.41. The fourth-order valence-electron chi connectivity index (χ4n) is 2.88. The number of ether oxygens (including phenoxy) is 1. The zero-order valence-corrected chi connectivity index (χ0v) is 9.11. The van der Waals surface area contributed by atoms with Gasteiger partial charge in [0.05, 0.1) is 18.3 Å². The molecule has 0 aromatic rings. The molecule has 82 valence electrons. The minimum absolute atomic E-state index is 0.166. The summed E-state index contributed by atoms with van der Waals surface area (Å²) in [6, 6.07) is 0. The van der Waals surface area contributed by atoms with Crippen LogP contribution >= 0.6 is 0 Å². The van der Waals surface area contributed by atoms with Crippen LogP contribution in [0.25, 0.3) is 0 Å². The molecule has 1 N–H and O–H groups in total. The second-order valence-electron chi connectivity index (χ2n) is 5.00. The molecule has 4 unspecified atom stereocenters. The molecule has 4 atom stereocenters. The summed E-state index contributed by atoms with van der Waals surface area (Å²) in [4.78, 5) is 0. The monoisotopic (exact) mass is 198 g/mol. The summed E-state index contributed by atoms with van der Waals surface area (Å²) in [5.74, 6) is 0.836. The summed E-state index contributed by atoms with van der Waals surface area (Å²) in [5.41, 5.74) is 0. The predicted octanol–water partition coefficient (Wildman–Crippen LogP) is 2.50. The Kier molecular flexibility index (Phi) is 3.45. The average Bonchev–Trinajstić information content (AvgIpc) is 2.57. The van der Waals surface area contributed by atoms with Crippen LogP contribution in [-0.4, -0.2) is 23.4 Å². The second-order valence-corrected chi connectivity index (χ2v) is 5.00. The molecule has 0 spiro atoms. The van der Waals surface area contributed by atoms with E-state index in [-0.39, 0.29) is 6.10 Å². The SMILES string of the molecule is CC(O)CCC1CC2CCCCC2O1. The molecule has 1 aliphatic heterocycles. The Hall–Kier alpha value is -0.0800. The van der Waals surface area contributed by atoms with Gasteiger partial charge in [0.1, 0.15) is 0 Å². The van der Waals surface area contributed by atoms with E-state index in [1.54, 1.807) is 0 Å². The van der Waals surface area contributed by atoms with Crippen LogP contribution in [0.15, 0.2) is 0 Å². The topological polar surface area (TPSA) is 29.5 Å². The summed E-state index contributed by atoms with van der Waals surface area (Å²) < 4.78 is 6.00. The molecule has 0 aromatic carbocycles. The van der Waals surface area contributed by atoms with Crippen LogP contribution in [0.2, 0.25) is 0 Å². The molecule has 1 saturated carbocycles. The lowest BCUT2D eigenvalue weighted by Crippen LogP contribution is -2.20. The highest BCUT2D eigenvalue weighted by Gasteiger charge is 2.36. The lowest BCUT2D eigenvalue weighted by atomic mass is 9.85. The molecule has 0 radical (unpaired) electrons. The van der Waals surface area contributed by atoms with Crippen LogP contribution in [0.1, 0.15) is 51.9 Å². The molecule has 0 amide bonds. The number of aliphatic hydroxyl groups is 1. The van der Waals surface area contributed by atoms with Crippen molar-refractivity contribution in [3.05, 3.63) is 0 Å². The number of fused-ring (bicyclic) bond motifs is 1. The van der Waals surface area contributed by atoms with Crippen LogP contribution in [0, 0.1) is 5.92 Å². The van der Waals surface area contributed by atoms with Gasteiger partial charge < -0.3 is 9.84 Å². The third kappa shape index (κ3) is 2.48. The fourth-order valence-corrected chi connectivity index (χ4v) is 2.88. The highest BCUT2D eigenvalue weighted by atomic mass is 16.5. The van der Waals surface area contributed by atoms with E-state index >= 15 is 0 Å². The highest BCUT2D eigenvalue weighted by molar-refractivity contribution is 4.85. The van der Waals surface area contributed by atoms with Gasteiger partial charge >= 0.3 is 0 Å². The summed E-state index contributed by atoms with van der Waals surface area (Å²) in [7, 11) is 0. The first-order chi connectivity index (χ1) is 6.75. The number of hydrogen-bond donors (Lipinski definition) is 1. The van der Waals surface area contributed by atoms with Gasteiger partial charge in [-0.2, -0.15) is 0 Å². The lowest BCUT2D eigenvalue weighted by Gasteiger charge is -2.23. The normalized spacial score (nSPS) is 39.4. The van der Waals surface area contributed by atoms with E-state index in [1.807, 2.05) is 6.92 Å². The molecule has 2 nitrogen and oxygen atoms in total. The zero-order valence-electron chi connectivity index (χ0n) is 9.11. The molecule has 2 rings (SSSR count). The Bertz CT molecular complexity index is 165. The third-order valence-corrected chi connectivity index (χ3v) is 3.68. The Morgan fingerprint density at radius 2 is 2.14 bits per heavy atom. The Balaban J connectivity index is 1.75. The summed E-state index contributed by atoms with van der Waals surface area (Å²) in [5, 5.41) is 9.22. The van der Waals surface area contributed by atoms with E-state index < -0.39 is 0 Å². The molecular formula is C12H22O2. The van der Waals surface area contributed by atoms with Crippen molar-refractivity contribution in [2.75, 3.05) is 0 Å². The Morgan fingerprint density at radius 1 is 1.36 bits per heavy atom. The van der Waals surface area contributed by atoms with Gasteiger partial charge in [-0.15, -0.1) is 0 Å². The third-order valence-electron chi connectivity index (χ3n) is 3.68. The Morgan fingerprint density at radius 3 is 2.86 bits per heavy atom. The molecule has 14 heavy (non-hydrogen) atoms. The van der Waals surface area contributed by atoms with Crippen LogP contribution in [0.3, 0.4) is 0 Å². The van der Waals surface area contributed by atoms with E-state index in [0.29, 0.717) is 12.2 Å². The van der Waals surface area contributed by atoms with Crippen molar-refractivity contribution >= 4 is 0 Å². The van der Waals surface area contributed by atoms with Gasteiger partial charge in [-0.1, -0.05) is 12.8 Å². The van der Waals surface area contributed by atoms with Crippen LogP contribution in [-0.2, 0) is 4.74 Å². The zero-order chi connectivity index (χ0) is 9.97. The van der Waals surface area contributed by atoms with Gasteiger partial charge in [0.2, 0.25) is 0 Å². The predicted molar refractivity (Wildman–Crippen MR) is 56.2 cm³/mol. The van der Waals surface area contributed by atoms with Gasteiger partial charge in [0.25, 0.3) is 0 Å². The number of rotatable bonds is 3. The molecule has 0 bridgehead atoms. The van der Waals surface area contributed by atoms with E-state index in [4.69, 9.17) is 4.74 Å². The van der Waals surface area contributed by atoms with Crippen molar-refractivity contribution in [1.29, 1.82) is 0 Å². The number of hydrogen-bond acceptors (Lipinski definition) is 2. The van der Waals surface area contributed by atoms with Crippen LogP contribution in [0.4, 0.5) is 0 Å². The van der Waals surface area contributed by atoms with Gasteiger partial charge in [-0.25, -0.2) is 0 Å². The maximum Gasteiger partial charge on any atom is 0.0608 e. The van der Waals surface area contributed by atoms with E-state index in [1.165, 1.54) is 32.1 Å². The summed E-state index contributed by atoms with van der Waals surface area (Å²) >= 11 is 0. The lowest BCUT2D eigenvalue weighted by molar-refractivity contribution is 0.0101. The van der Waals surface area contributed by atoms with Crippen molar-refractivity contribution in [1.82, 2.24) is 0 Å². The van der Waals surface area contributed by atoms with Crippen molar-refractivity contribution in [2.45, 2.75) is 70.2 Å². The summed E-state index contributed by atoms with van der Waals surface area (Å²) in [6.45, 7) is 1.86. The average molecular weight is 198 g/mol. The van der Waals surface area contributed by atoms with Crippen LogP contribution in [0.5, 0.6) is 0 Å². The Labute approximate surface area is 86.6 Å². The minimum atomic E-state index is -0.166. The maximum absolute atomic E-state index is 9.22. The van der Waals surface area contributed by atoms with Crippen molar-refractivity contribution in [2.24, 2.45) is 5.92 Å². The van der Waals surface area contributed by atoms with Crippen molar-refractivity contribution < 1.29 is 9.84 Å². The van der Waals surface area contributed by atoms with Crippen molar-refractivity contribution in [3.63, 3.8) is 0 Å². The van der Waals surface area contributed by atoms with E-state index in [9.17, 15) is 5.11 Å². The standard InChI is InChI=1S/C12H22O2/c1-9(13)6-7-11-8-10-4-2-3-5-12(10)14-11/h9-13H,2-8H2,1H3. The quantitative estimate of drug-likeness (QED) is 0.755. The van der Waals surface area contributed by atoms with E-state index in [0.717, 1.165) is 18.8 Å². The first-order valence-electron chi connectivity index (χ1n) is 6.09. The molecule has 1 saturated heterocycles. The van der Waals surface area contributed by atoms with Crippen molar-refractivity contribution in [3.8, 4) is 0 Å². The largest absolute Gasteiger partial charge is 0.393 e. The molecule has 2 heteroatoms. The van der Waals surface area contributed by atoms with Gasteiger partial charge in [0.15, 0.2) is 0 Å². The second kappa shape index (κ2) is 4.63. The first kappa shape index (κ1) is 10.4. The smallest absolute Gasteiger partial charge is 0.0608 e.